The quantitative estimate of drug-likeness (QED) is 0.624. The molecule has 1 heterocycles. The number of likely N-dealkylation sites (tertiary alicyclic amines) is 1. The van der Waals surface area contributed by atoms with Gasteiger partial charge in [0.25, 0.3) is 0 Å². The first-order valence-electron chi connectivity index (χ1n) is 4.67. The van der Waals surface area contributed by atoms with Gasteiger partial charge >= 0.3 is 0 Å². The molecule has 3 nitrogen and oxygen atoms in total. The Bertz CT molecular complexity index is 161. The molecule has 0 bridgehead atoms. The summed E-state index contributed by atoms with van der Waals surface area (Å²) in [6.45, 7) is 7.55. The van der Waals surface area contributed by atoms with Crippen LogP contribution >= 0.6 is 0 Å². The maximum Gasteiger partial charge on any atom is 0.0910 e. The monoisotopic (exact) mass is 172 g/mol. The zero-order valence-electron chi connectivity index (χ0n) is 8.25. The molecule has 0 aromatic rings. The van der Waals surface area contributed by atoms with Gasteiger partial charge in [0.2, 0.25) is 0 Å². The summed E-state index contributed by atoms with van der Waals surface area (Å²) in [4.78, 5) is 2.30. The van der Waals surface area contributed by atoms with Gasteiger partial charge in [-0.25, -0.2) is 0 Å². The predicted octanol–water partition coefficient (Wildman–Crippen LogP) is 0.179. The molecule has 1 saturated heterocycles. The Kier molecular flexibility index (Phi) is 2.76. The number of nitrogens with zero attached hydrogens (tertiary/aromatic N) is 1. The maximum absolute atomic E-state index is 9.92. The van der Waals surface area contributed by atoms with Crippen molar-refractivity contribution in [3.05, 3.63) is 0 Å². The first-order chi connectivity index (χ1) is 5.48. The van der Waals surface area contributed by atoms with Crippen LogP contribution in [0.15, 0.2) is 0 Å². The van der Waals surface area contributed by atoms with Crippen LogP contribution in [0.25, 0.3) is 0 Å². The van der Waals surface area contributed by atoms with E-state index in [1.54, 1.807) is 0 Å². The number of β-amino-alcohol motifs (C(OH)–C–C–N with tert-alkyl or cyclic N) is 1. The second-order valence-electron chi connectivity index (χ2n) is 4.25. The fourth-order valence-corrected chi connectivity index (χ4v) is 2.07. The Balaban J connectivity index is 2.61. The molecule has 12 heavy (non-hydrogen) atoms. The maximum atomic E-state index is 9.92. The average Bonchev–Trinajstić information content (AvgIpc) is 2.28. The molecule has 3 N–H and O–H groups in total. The zero-order valence-corrected chi connectivity index (χ0v) is 8.25. The third-order valence-corrected chi connectivity index (χ3v) is 2.76. The molecule has 1 rings (SSSR count). The van der Waals surface area contributed by atoms with Gasteiger partial charge in [0.1, 0.15) is 0 Å². The molecule has 0 aliphatic carbocycles. The van der Waals surface area contributed by atoms with Crippen molar-refractivity contribution in [3.8, 4) is 0 Å². The van der Waals surface area contributed by atoms with Crippen LogP contribution in [0.5, 0.6) is 0 Å². The van der Waals surface area contributed by atoms with Crippen molar-refractivity contribution in [3.63, 3.8) is 0 Å². The van der Waals surface area contributed by atoms with Gasteiger partial charge in [-0.1, -0.05) is 0 Å². The lowest BCUT2D eigenvalue weighted by atomic mass is 10.0. The van der Waals surface area contributed by atoms with Crippen molar-refractivity contribution in [1.82, 2.24) is 4.90 Å². The summed E-state index contributed by atoms with van der Waals surface area (Å²) < 4.78 is 0. The van der Waals surface area contributed by atoms with Crippen LogP contribution in [0, 0.1) is 0 Å². The summed E-state index contributed by atoms with van der Waals surface area (Å²) in [5, 5.41) is 9.92. The van der Waals surface area contributed by atoms with Crippen molar-refractivity contribution in [2.24, 2.45) is 5.73 Å². The number of hydrogen-bond acceptors (Lipinski definition) is 3. The van der Waals surface area contributed by atoms with E-state index in [0.717, 1.165) is 13.0 Å². The van der Waals surface area contributed by atoms with E-state index in [1.165, 1.54) is 0 Å². The van der Waals surface area contributed by atoms with E-state index >= 15 is 0 Å². The van der Waals surface area contributed by atoms with Crippen LogP contribution in [-0.2, 0) is 0 Å². The zero-order chi connectivity index (χ0) is 9.35. The van der Waals surface area contributed by atoms with Crippen LogP contribution in [0.2, 0.25) is 0 Å². The Morgan fingerprint density at radius 2 is 2.25 bits per heavy atom. The Labute approximate surface area is 74.5 Å². The normalized spacial score (nSPS) is 38.0. The van der Waals surface area contributed by atoms with Crippen molar-refractivity contribution >= 4 is 0 Å². The molecule has 0 saturated carbocycles. The molecule has 1 aliphatic rings. The Hall–Kier alpha value is -0.120. The highest BCUT2D eigenvalue weighted by atomic mass is 16.3. The molecule has 0 amide bonds. The van der Waals surface area contributed by atoms with Gasteiger partial charge in [-0.2, -0.15) is 0 Å². The lowest BCUT2D eigenvalue weighted by Gasteiger charge is -2.26. The van der Waals surface area contributed by atoms with E-state index in [0.29, 0.717) is 18.6 Å². The molecule has 0 spiro atoms. The molecule has 1 aliphatic heterocycles. The predicted molar refractivity (Wildman–Crippen MR) is 49.9 cm³/mol. The SMILES string of the molecule is CC(C)N1CC(O)(CN)CC1C. The van der Waals surface area contributed by atoms with Crippen molar-refractivity contribution < 1.29 is 5.11 Å². The fourth-order valence-electron chi connectivity index (χ4n) is 2.07. The van der Waals surface area contributed by atoms with Crippen molar-refractivity contribution in [1.29, 1.82) is 0 Å². The van der Waals surface area contributed by atoms with E-state index in [-0.39, 0.29) is 0 Å². The molecule has 0 radical (unpaired) electrons. The van der Waals surface area contributed by atoms with Gasteiger partial charge in [-0.3, -0.25) is 4.90 Å². The van der Waals surface area contributed by atoms with E-state index in [1.807, 2.05) is 0 Å². The number of rotatable bonds is 2. The molecule has 2 atom stereocenters. The second-order valence-corrected chi connectivity index (χ2v) is 4.25. The third-order valence-electron chi connectivity index (χ3n) is 2.76. The molecule has 0 aromatic heterocycles. The minimum Gasteiger partial charge on any atom is -0.387 e. The molecule has 1 fully saturated rings. The topological polar surface area (TPSA) is 49.5 Å². The van der Waals surface area contributed by atoms with E-state index in [2.05, 4.69) is 25.7 Å². The molecular formula is C9H20N2O. The van der Waals surface area contributed by atoms with Crippen LogP contribution in [-0.4, -0.2) is 40.8 Å². The van der Waals surface area contributed by atoms with Crippen LogP contribution in [0.1, 0.15) is 27.2 Å². The van der Waals surface area contributed by atoms with Crippen LogP contribution < -0.4 is 5.73 Å². The number of aliphatic hydroxyl groups is 1. The lowest BCUT2D eigenvalue weighted by Crippen LogP contribution is -2.42. The van der Waals surface area contributed by atoms with E-state index in [9.17, 15) is 5.11 Å². The molecular weight excluding hydrogens is 152 g/mol. The van der Waals surface area contributed by atoms with Gasteiger partial charge in [0, 0.05) is 25.2 Å². The highest BCUT2D eigenvalue weighted by molar-refractivity contribution is 4.96. The number of nitrogens with two attached hydrogens (primary N) is 1. The molecule has 3 heteroatoms. The molecule has 2 unspecified atom stereocenters. The van der Waals surface area contributed by atoms with E-state index < -0.39 is 5.60 Å². The minimum atomic E-state index is -0.635. The number of hydrogen-bond donors (Lipinski definition) is 2. The summed E-state index contributed by atoms with van der Waals surface area (Å²) in [5.41, 5.74) is 4.88. The summed E-state index contributed by atoms with van der Waals surface area (Å²) in [6.07, 6.45) is 0.807. The van der Waals surface area contributed by atoms with Crippen LogP contribution in [0.4, 0.5) is 0 Å². The van der Waals surface area contributed by atoms with Gasteiger partial charge in [-0.05, 0) is 27.2 Å². The van der Waals surface area contributed by atoms with Crippen molar-refractivity contribution in [2.75, 3.05) is 13.1 Å². The summed E-state index contributed by atoms with van der Waals surface area (Å²) in [6, 6.07) is 0.958. The second kappa shape index (κ2) is 3.32. The lowest BCUT2D eigenvalue weighted by molar-refractivity contribution is 0.0543. The van der Waals surface area contributed by atoms with Gasteiger partial charge in [0.05, 0.1) is 5.60 Å². The first kappa shape index (κ1) is 9.96. The highest BCUT2D eigenvalue weighted by Crippen LogP contribution is 2.27. The Morgan fingerprint density at radius 1 is 1.67 bits per heavy atom. The third kappa shape index (κ3) is 1.79. The van der Waals surface area contributed by atoms with Gasteiger partial charge in [0.15, 0.2) is 0 Å². The first-order valence-corrected chi connectivity index (χ1v) is 4.67. The Morgan fingerprint density at radius 3 is 2.50 bits per heavy atom. The summed E-state index contributed by atoms with van der Waals surface area (Å²) >= 11 is 0. The van der Waals surface area contributed by atoms with Gasteiger partial charge in [-0.15, -0.1) is 0 Å². The van der Waals surface area contributed by atoms with Gasteiger partial charge < -0.3 is 10.8 Å². The minimum absolute atomic E-state index is 0.376. The standard InChI is InChI=1S/C9H20N2O/c1-7(2)11-6-9(12,5-10)4-8(11)3/h7-8,12H,4-6,10H2,1-3H3. The molecule has 0 aromatic carbocycles. The van der Waals surface area contributed by atoms with Crippen LogP contribution in [0.3, 0.4) is 0 Å². The largest absolute Gasteiger partial charge is 0.387 e. The average molecular weight is 172 g/mol. The summed E-state index contributed by atoms with van der Waals surface area (Å²) in [7, 11) is 0. The fraction of sp³-hybridized carbons (Fsp3) is 1.00. The van der Waals surface area contributed by atoms with Crippen molar-refractivity contribution in [2.45, 2.75) is 44.9 Å². The smallest absolute Gasteiger partial charge is 0.0910 e. The van der Waals surface area contributed by atoms with E-state index in [4.69, 9.17) is 5.73 Å². The summed E-state index contributed by atoms with van der Waals surface area (Å²) in [5.74, 6) is 0. The highest BCUT2D eigenvalue weighted by Gasteiger charge is 2.40. The molecule has 72 valence electrons.